The van der Waals surface area contributed by atoms with E-state index < -0.39 is 0 Å². The number of hydrogen-bond donors (Lipinski definition) is 3. The first-order valence-corrected chi connectivity index (χ1v) is 6.64. The van der Waals surface area contributed by atoms with Crippen molar-refractivity contribution >= 4 is 17.6 Å². The molecule has 1 aliphatic heterocycles. The maximum absolute atomic E-state index is 7.66. The molecule has 1 fully saturated rings. The predicted octanol–water partition coefficient (Wildman–Crippen LogP) is 2.60. The zero-order valence-corrected chi connectivity index (χ0v) is 10.2. The Morgan fingerprint density at radius 1 is 1.28 bits per heavy atom. The molecule has 0 saturated heterocycles. The average Bonchev–Trinajstić information content (AvgIpc) is 2.99. The summed E-state index contributed by atoms with van der Waals surface area (Å²) in [6.45, 7) is 1.06. The van der Waals surface area contributed by atoms with Crippen LogP contribution in [0.3, 0.4) is 0 Å². The van der Waals surface area contributed by atoms with E-state index in [1.165, 1.54) is 23.9 Å². The molecular formula is C15H17N3. The highest BCUT2D eigenvalue weighted by molar-refractivity contribution is 5.90. The van der Waals surface area contributed by atoms with E-state index >= 15 is 0 Å². The summed E-state index contributed by atoms with van der Waals surface area (Å²) in [6, 6.07) is 3.99. The van der Waals surface area contributed by atoms with Crippen LogP contribution in [-0.2, 0) is 0 Å². The molecule has 0 spiro atoms. The van der Waals surface area contributed by atoms with E-state index in [9.17, 15) is 0 Å². The Bertz CT molecular complexity index is 561. The SMILES string of the molecule is N=Cc1c(N)ccc2c1[C@@H]1[C@H](CN2)[C@H]2C=C[C@@H]1C2. The van der Waals surface area contributed by atoms with E-state index in [0.717, 1.165) is 23.7 Å². The third kappa shape index (κ3) is 1.12. The predicted molar refractivity (Wildman–Crippen MR) is 74.2 cm³/mol. The van der Waals surface area contributed by atoms with Crippen LogP contribution in [0.15, 0.2) is 24.3 Å². The summed E-state index contributed by atoms with van der Waals surface area (Å²) >= 11 is 0. The number of nitrogens with one attached hydrogen (secondary N) is 2. The van der Waals surface area contributed by atoms with E-state index in [4.69, 9.17) is 11.1 Å². The molecular weight excluding hydrogens is 222 g/mol. The van der Waals surface area contributed by atoms with Gasteiger partial charge in [0.15, 0.2) is 0 Å². The number of nitrogen functional groups attached to an aromatic ring is 1. The van der Waals surface area contributed by atoms with Gasteiger partial charge in [-0.05, 0) is 47.8 Å². The largest absolute Gasteiger partial charge is 0.398 e. The van der Waals surface area contributed by atoms with Gasteiger partial charge >= 0.3 is 0 Å². The van der Waals surface area contributed by atoms with Crippen LogP contribution in [0.25, 0.3) is 0 Å². The van der Waals surface area contributed by atoms with Crippen LogP contribution in [0.5, 0.6) is 0 Å². The molecule has 92 valence electrons. The standard InChI is InChI=1S/C15H17N3/c16-6-10-12(17)3-4-13-15(10)14-9-2-1-8(5-9)11(14)7-18-13/h1-4,6,8-9,11,14,16,18H,5,7,17H2/t8-,9+,11+,14-/m0/s1. The van der Waals surface area contributed by atoms with Gasteiger partial charge in [0.2, 0.25) is 0 Å². The number of allylic oxidation sites excluding steroid dienone is 2. The molecule has 1 aromatic carbocycles. The zero-order valence-electron chi connectivity index (χ0n) is 10.2. The van der Waals surface area contributed by atoms with Gasteiger partial charge in [-0.25, -0.2) is 0 Å². The molecule has 3 aliphatic rings. The Morgan fingerprint density at radius 2 is 2.11 bits per heavy atom. The fourth-order valence-corrected chi connectivity index (χ4v) is 4.19. The van der Waals surface area contributed by atoms with Gasteiger partial charge < -0.3 is 16.5 Å². The highest BCUT2D eigenvalue weighted by Crippen LogP contribution is 2.57. The first-order chi connectivity index (χ1) is 8.79. The van der Waals surface area contributed by atoms with Crippen molar-refractivity contribution in [3.05, 3.63) is 35.4 Å². The van der Waals surface area contributed by atoms with Crippen molar-refractivity contribution in [3.63, 3.8) is 0 Å². The molecule has 2 bridgehead atoms. The lowest BCUT2D eigenvalue weighted by molar-refractivity contribution is 0.403. The number of rotatable bonds is 1. The smallest absolute Gasteiger partial charge is 0.0407 e. The molecule has 4 rings (SSSR count). The Balaban J connectivity index is 1.94. The minimum atomic E-state index is 0.566. The van der Waals surface area contributed by atoms with Crippen molar-refractivity contribution in [2.45, 2.75) is 12.3 Å². The summed E-state index contributed by atoms with van der Waals surface area (Å²) in [4.78, 5) is 0. The van der Waals surface area contributed by atoms with Gasteiger partial charge in [0.25, 0.3) is 0 Å². The quantitative estimate of drug-likeness (QED) is 0.401. The number of hydrogen-bond acceptors (Lipinski definition) is 3. The van der Waals surface area contributed by atoms with Gasteiger partial charge in [-0.3, -0.25) is 0 Å². The molecule has 0 amide bonds. The third-order valence-corrected chi connectivity index (χ3v) is 4.95. The average molecular weight is 239 g/mol. The monoisotopic (exact) mass is 239 g/mol. The highest BCUT2D eigenvalue weighted by atomic mass is 14.9. The topological polar surface area (TPSA) is 61.9 Å². The molecule has 18 heavy (non-hydrogen) atoms. The second-order valence-electron chi connectivity index (χ2n) is 5.69. The molecule has 1 aromatic rings. The van der Waals surface area contributed by atoms with Crippen LogP contribution < -0.4 is 11.1 Å². The van der Waals surface area contributed by atoms with E-state index in [2.05, 4.69) is 23.5 Å². The maximum atomic E-state index is 7.66. The summed E-state index contributed by atoms with van der Waals surface area (Å²) in [5.41, 5.74) is 10.2. The van der Waals surface area contributed by atoms with Crippen molar-refractivity contribution in [2.24, 2.45) is 17.8 Å². The Morgan fingerprint density at radius 3 is 2.94 bits per heavy atom. The number of anilines is 2. The fourth-order valence-electron chi connectivity index (χ4n) is 4.19. The minimum absolute atomic E-state index is 0.566. The Labute approximate surface area is 107 Å². The van der Waals surface area contributed by atoms with Crippen LogP contribution in [-0.4, -0.2) is 12.8 Å². The van der Waals surface area contributed by atoms with E-state index in [-0.39, 0.29) is 0 Å². The van der Waals surface area contributed by atoms with Crippen LogP contribution in [0.4, 0.5) is 11.4 Å². The van der Waals surface area contributed by atoms with Crippen LogP contribution in [0.2, 0.25) is 0 Å². The normalized spacial score (nSPS) is 34.9. The van der Waals surface area contributed by atoms with Gasteiger partial charge in [-0.15, -0.1) is 0 Å². The second kappa shape index (κ2) is 3.37. The van der Waals surface area contributed by atoms with Crippen LogP contribution >= 0.6 is 0 Å². The van der Waals surface area contributed by atoms with E-state index in [0.29, 0.717) is 17.8 Å². The van der Waals surface area contributed by atoms with E-state index in [1.54, 1.807) is 0 Å². The van der Waals surface area contributed by atoms with Gasteiger partial charge in [0, 0.05) is 29.7 Å². The number of fused-ring (bicyclic) bond motifs is 7. The molecule has 0 radical (unpaired) electrons. The third-order valence-electron chi connectivity index (χ3n) is 4.95. The number of benzene rings is 1. The maximum Gasteiger partial charge on any atom is 0.0407 e. The van der Waals surface area contributed by atoms with Gasteiger partial charge in [0.05, 0.1) is 0 Å². The van der Waals surface area contributed by atoms with Crippen molar-refractivity contribution in [2.75, 3.05) is 17.6 Å². The van der Waals surface area contributed by atoms with Crippen LogP contribution in [0.1, 0.15) is 23.5 Å². The second-order valence-corrected chi connectivity index (χ2v) is 5.69. The van der Waals surface area contributed by atoms with Crippen molar-refractivity contribution in [1.82, 2.24) is 0 Å². The summed E-state index contributed by atoms with van der Waals surface area (Å²) in [5, 5.41) is 11.2. The molecule has 3 heteroatoms. The Kier molecular flexibility index (Phi) is 1.91. The lowest BCUT2D eigenvalue weighted by Crippen LogP contribution is -2.31. The summed E-state index contributed by atoms with van der Waals surface area (Å²) in [6.07, 6.45) is 7.46. The molecule has 0 aromatic heterocycles. The lowest BCUT2D eigenvalue weighted by Gasteiger charge is -2.36. The molecule has 0 unspecified atom stereocenters. The molecule has 1 saturated carbocycles. The Hall–Kier alpha value is -1.77. The first-order valence-electron chi connectivity index (χ1n) is 6.64. The fraction of sp³-hybridized carbons (Fsp3) is 0.400. The van der Waals surface area contributed by atoms with Gasteiger partial charge in [-0.2, -0.15) is 0 Å². The highest BCUT2D eigenvalue weighted by Gasteiger charge is 2.48. The number of nitrogens with two attached hydrogens (primary N) is 1. The van der Waals surface area contributed by atoms with Crippen molar-refractivity contribution < 1.29 is 0 Å². The van der Waals surface area contributed by atoms with E-state index in [1.807, 2.05) is 6.07 Å². The van der Waals surface area contributed by atoms with Crippen molar-refractivity contribution in [1.29, 1.82) is 5.41 Å². The molecule has 4 N–H and O–H groups in total. The summed E-state index contributed by atoms with van der Waals surface area (Å²) in [7, 11) is 0. The summed E-state index contributed by atoms with van der Waals surface area (Å²) in [5.74, 6) is 2.63. The molecule has 4 atom stereocenters. The zero-order chi connectivity index (χ0) is 12.3. The van der Waals surface area contributed by atoms with Crippen LogP contribution in [0, 0.1) is 23.2 Å². The van der Waals surface area contributed by atoms with Gasteiger partial charge in [-0.1, -0.05) is 12.2 Å². The molecule has 2 aliphatic carbocycles. The molecule has 3 nitrogen and oxygen atoms in total. The summed E-state index contributed by atoms with van der Waals surface area (Å²) < 4.78 is 0. The lowest BCUT2D eigenvalue weighted by atomic mass is 9.74. The van der Waals surface area contributed by atoms with Crippen molar-refractivity contribution in [3.8, 4) is 0 Å². The van der Waals surface area contributed by atoms with Gasteiger partial charge in [0.1, 0.15) is 0 Å². The minimum Gasteiger partial charge on any atom is -0.398 e. The molecule has 1 heterocycles. The first kappa shape index (κ1) is 10.2.